The fraction of sp³-hybridized carbons (Fsp3) is 0.562. The second-order valence-corrected chi connectivity index (χ2v) is 5.03. The molecule has 0 radical (unpaired) electrons. The minimum absolute atomic E-state index is 0.341. The standard InChI is InChI=1S/C16H22O4/c1-3-10-16(18-11-7-12-19-16)13(2)20-15(17)14-8-5-4-6-9-14/h4-6,8-9,13H,3,7,10-12H2,1-2H3. The predicted octanol–water partition coefficient (Wildman–Crippen LogP) is 3.17. The highest BCUT2D eigenvalue weighted by atomic mass is 16.7. The van der Waals surface area contributed by atoms with Gasteiger partial charge in [0.1, 0.15) is 0 Å². The molecule has 1 aliphatic heterocycles. The van der Waals surface area contributed by atoms with Crippen LogP contribution in [0.2, 0.25) is 0 Å². The van der Waals surface area contributed by atoms with Crippen LogP contribution in [0.4, 0.5) is 0 Å². The highest BCUT2D eigenvalue weighted by Crippen LogP contribution is 2.30. The highest BCUT2D eigenvalue weighted by molar-refractivity contribution is 5.89. The van der Waals surface area contributed by atoms with Crippen LogP contribution in [0.1, 0.15) is 43.5 Å². The Hall–Kier alpha value is -1.39. The Morgan fingerprint density at radius 1 is 1.30 bits per heavy atom. The normalized spacial score (nSPS) is 19.3. The van der Waals surface area contributed by atoms with Gasteiger partial charge in [-0.25, -0.2) is 4.79 Å². The van der Waals surface area contributed by atoms with Crippen molar-refractivity contribution in [1.82, 2.24) is 0 Å². The zero-order chi connectivity index (χ0) is 14.4. The molecule has 20 heavy (non-hydrogen) atoms. The molecule has 0 aromatic heterocycles. The highest BCUT2D eigenvalue weighted by Gasteiger charge is 2.42. The van der Waals surface area contributed by atoms with E-state index < -0.39 is 11.9 Å². The fourth-order valence-electron chi connectivity index (χ4n) is 2.41. The average molecular weight is 278 g/mol. The van der Waals surface area contributed by atoms with E-state index in [0.29, 0.717) is 18.8 Å². The van der Waals surface area contributed by atoms with Crippen LogP contribution in [0.3, 0.4) is 0 Å². The van der Waals surface area contributed by atoms with Crippen LogP contribution in [-0.4, -0.2) is 31.1 Å². The molecule has 0 spiro atoms. The third-order valence-corrected chi connectivity index (χ3v) is 3.49. The van der Waals surface area contributed by atoms with Gasteiger partial charge in [-0.3, -0.25) is 0 Å². The molecule has 110 valence electrons. The van der Waals surface area contributed by atoms with Crippen LogP contribution in [-0.2, 0) is 14.2 Å². The van der Waals surface area contributed by atoms with Crippen molar-refractivity contribution in [2.45, 2.75) is 45.0 Å². The van der Waals surface area contributed by atoms with Crippen LogP contribution in [0.5, 0.6) is 0 Å². The van der Waals surface area contributed by atoms with Crippen LogP contribution in [0.25, 0.3) is 0 Å². The first-order valence-electron chi connectivity index (χ1n) is 7.22. The number of hydrogen-bond acceptors (Lipinski definition) is 4. The maximum Gasteiger partial charge on any atom is 0.338 e. The molecule has 0 amide bonds. The zero-order valence-electron chi connectivity index (χ0n) is 12.1. The van der Waals surface area contributed by atoms with Gasteiger partial charge in [0, 0.05) is 6.42 Å². The van der Waals surface area contributed by atoms with Crippen LogP contribution in [0, 0.1) is 0 Å². The molecular formula is C16H22O4. The van der Waals surface area contributed by atoms with E-state index in [1.165, 1.54) is 0 Å². The quantitative estimate of drug-likeness (QED) is 0.776. The summed E-state index contributed by atoms with van der Waals surface area (Å²) in [4.78, 5) is 12.1. The Labute approximate surface area is 120 Å². The molecule has 1 saturated heterocycles. The molecule has 0 saturated carbocycles. The molecule has 0 aliphatic carbocycles. The van der Waals surface area contributed by atoms with Gasteiger partial charge in [0.25, 0.3) is 0 Å². The lowest BCUT2D eigenvalue weighted by Gasteiger charge is -2.40. The molecule has 1 unspecified atom stereocenters. The van der Waals surface area contributed by atoms with Gasteiger partial charge in [0.15, 0.2) is 6.10 Å². The fourth-order valence-corrected chi connectivity index (χ4v) is 2.41. The van der Waals surface area contributed by atoms with Crippen molar-refractivity contribution >= 4 is 5.97 Å². The third kappa shape index (κ3) is 3.38. The van der Waals surface area contributed by atoms with Crippen molar-refractivity contribution in [1.29, 1.82) is 0 Å². The lowest BCUT2D eigenvalue weighted by atomic mass is 10.0. The molecular weight excluding hydrogens is 256 g/mol. The van der Waals surface area contributed by atoms with Crippen molar-refractivity contribution < 1.29 is 19.0 Å². The van der Waals surface area contributed by atoms with Gasteiger partial charge in [0.2, 0.25) is 5.79 Å². The van der Waals surface area contributed by atoms with Crippen LogP contribution >= 0.6 is 0 Å². The number of rotatable bonds is 5. The van der Waals surface area contributed by atoms with Gasteiger partial charge >= 0.3 is 5.97 Å². The molecule has 4 heteroatoms. The Bertz CT molecular complexity index is 418. The molecule has 1 aromatic rings. The number of ether oxygens (including phenoxy) is 3. The second-order valence-electron chi connectivity index (χ2n) is 5.03. The molecule has 1 aliphatic rings. The molecule has 1 atom stereocenters. The van der Waals surface area contributed by atoms with Gasteiger partial charge in [-0.15, -0.1) is 0 Å². The number of hydrogen-bond donors (Lipinski definition) is 0. The lowest BCUT2D eigenvalue weighted by Crippen LogP contribution is -2.50. The van der Waals surface area contributed by atoms with E-state index in [1.54, 1.807) is 12.1 Å². The first-order chi connectivity index (χ1) is 9.68. The summed E-state index contributed by atoms with van der Waals surface area (Å²) in [5, 5.41) is 0. The molecule has 1 heterocycles. The summed E-state index contributed by atoms with van der Waals surface area (Å²) in [5.74, 6) is -1.14. The van der Waals surface area contributed by atoms with Crippen molar-refractivity contribution in [3.05, 3.63) is 35.9 Å². The number of benzene rings is 1. The minimum atomic E-state index is -0.794. The van der Waals surface area contributed by atoms with Gasteiger partial charge in [-0.1, -0.05) is 31.5 Å². The van der Waals surface area contributed by atoms with Crippen LogP contribution < -0.4 is 0 Å². The molecule has 2 rings (SSSR count). The first-order valence-corrected chi connectivity index (χ1v) is 7.22. The van der Waals surface area contributed by atoms with E-state index in [2.05, 4.69) is 6.92 Å². The van der Waals surface area contributed by atoms with Crippen LogP contribution in [0.15, 0.2) is 30.3 Å². The minimum Gasteiger partial charge on any atom is -0.453 e. The van der Waals surface area contributed by atoms with Crippen molar-refractivity contribution in [3.8, 4) is 0 Å². The van der Waals surface area contributed by atoms with Crippen molar-refractivity contribution in [3.63, 3.8) is 0 Å². The summed E-state index contributed by atoms with van der Waals surface area (Å²) in [6, 6.07) is 8.98. The summed E-state index contributed by atoms with van der Waals surface area (Å²) in [6.07, 6.45) is 2.07. The van der Waals surface area contributed by atoms with E-state index in [1.807, 2.05) is 25.1 Å². The van der Waals surface area contributed by atoms with Gasteiger partial charge < -0.3 is 14.2 Å². The average Bonchev–Trinajstić information content (AvgIpc) is 2.49. The summed E-state index contributed by atoms with van der Waals surface area (Å²) in [6.45, 7) is 5.19. The Morgan fingerprint density at radius 2 is 1.95 bits per heavy atom. The number of esters is 1. The van der Waals surface area contributed by atoms with E-state index in [4.69, 9.17) is 14.2 Å². The van der Waals surface area contributed by atoms with E-state index in [0.717, 1.165) is 19.3 Å². The SMILES string of the molecule is CCCC1(C(C)OC(=O)c2ccccc2)OCCCO1. The topological polar surface area (TPSA) is 44.8 Å². The van der Waals surface area contributed by atoms with Gasteiger partial charge in [-0.05, 0) is 25.5 Å². The molecule has 0 N–H and O–H groups in total. The molecule has 1 fully saturated rings. The monoisotopic (exact) mass is 278 g/mol. The predicted molar refractivity (Wildman–Crippen MR) is 75.5 cm³/mol. The maximum atomic E-state index is 12.1. The number of carbonyl (C=O) groups is 1. The van der Waals surface area contributed by atoms with Gasteiger partial charge in [-0.2, -0.15) is 0 Å². The van der Waals surface area contributed by atoms with Crippen molar-refractivity contribution in [2.75, 3.05) is 13.2 Å². The molecule has 4 nitrogen and oxygen atoms in total. The summed E-state index contributed by atoms with van der Waals surface area (Å²) in [7, 11) is 0. The first kappa shape index (κ1) is 15.0. The van der Waals surface area contributed by atoms with E-state index >= 15 is 0 Å². The summed E-state index contributed by atoms with van der Waals surface area (Å²) >= 11 is 0. The second kappa shape index (κ2) is 6.86. The smallest absolute Gasteiger partial charge is 0.338 e. The third-order valence-electron chi connectivity index (χ3n) is 3.49. The molecule has 1 aromatic carbocycles. The largest absolute Gasteiger partial charge is 0.453 e. The number of carbonyl (C=O) groups excluding carboxylic acids is 1. The maximum absolute atomic E-state index is 12.1. The zero-order valence-corrected chi connectivity index (χ0v) is 12.1. The lowest BCUT2D eigenvalue weighted by molar-refractivity contribution is -0.306. The Kier molecular flexibility index (Phi) is 5.15. The Balaban J connectivity index is 2.05. The summed E-state index contributed by atoms with van der Waals surface area (Å²) < 4.78 is 17.2. The summed E-state index contributed by atoms with van der Waals surface area (Å²) in [5.41, 5.74) is 0.543. The van der Waals surface area contributed by atoms with Gasteiger partial charge in [0.05, 0.1) is 18.8 Å². The van der Waals surface area contributed by atoms with E-state index in [9.17, 15) is 4.79 Å². The molecule has 0 bridgehead atoms. The van der Waals surface area contributed by atoms with E-state index in [-0.39, 0.29) is 5.97 Å². The Morgan fingerprint density at radius 3 is 2.55 bits per heavy atom. The van der Waals surface area contributed by atoms with Crippen molar-refractivity contribution in [2.24, 2.45) is 0 Å².